The number of nitrogens with zero attached hydrogens (tertiary/aromatic N) is 3. The number of aryl methyl sites for hydroxylation is 1. The fraction of sp³-hybridized carbons (Fsp3) is 0.316. The zero-order chi connectivity index (χ0) is 20.5. The van der Waals surface area contributed by atoms with Gasteiger partial charge in [-0.1, -0.05) is 22.0 Å². The Morgan fingerprint density at radius 3 is 2.82 bits per heavy atom. The van der Waals surface area contributed by atoms with E-state index >= 15 is 0 Å². The van der Waals surface area contributed by atoms with Gasteiger partial charge in [0.05, 0.1) is 11.5 Å². The van der Waals surface area contributed by atoms with E-state index in [1.165, 1.54) is 24.3 Å². The second kappa shape index (κ2) is 7.90. The summed E-state index contributed by atoms with van der Waals surface area (Å²) >= 11 is 3.14. The second-order valence-corrected chi connectivity index (χ2v) is 7.49. The molecule has 1 aliphatic heterocycles. The molecule has 3 rings (SSSR count). The summed E-state index contributed by atoms with van der Waals surface area (Å²) in [7, 11) is 0. The molecular weight excluding hydrogens is 437 g/mol. The number of hydrogen-bond acceptors (Lipinski definition) is 4. The third-order valence-corrected chi connectivity index (χ3v) is 4.99. The lowest BCUT2D eigenvalue weighted by atomic mass is 9.94. The van der Waals surface area contributed by atoms with Crippen LogP contribution in [0.3, 0.4) is 0 Å². The largest absolute Gasteiger partial charge is 0.340 e. The van der Waals surface area contributed by atoms with Crippen molar-refractivity contribution in [2.75, 3.05) is 23.3 Å². The van der Waals surface area contributed by atoms with Gasteiger partial charge in [0.1, 0.15) is 11.6 Å². The van der Waals surface area contributed by atoms with Gasteiger partial charge < -0.3 is 10.2 Å². The predicted octanol–water partition coefficient (Wildman–Crippen LogP) is 4.59. The van der Waals surface area contributed by atoms with Crippen molar-refractivity contribution in [1.82, 2.24) is 9.97 Å². The molecule has 5 nitrogen and oxygen atoms in total. The third kappa shape index (κ3) is 4.35. The standard InChI is InChI=1S/C19H18BrF3N4O/c1-3-12-10-27(7-6-19(12,22)23)18-24-11(2)8-16(26-18)25-17(28)14-5-4-13(20)9-15(14)21/h3-5,8-9,12H,1,6-7,10H2,2H3,(H,24,25,26,28). The number of halogens is 4. The van der Waals surface area contributed by atoms with Crippen molar-refractivity contribution in [2.45, 2.75) is 19.3 Å². The number of hydrogen-bond donors (Lipinski definition) is 1. The molecule has 1 fully saturated rings. The van der Waals surface area contributed by atoms with Crippen LogP contribution in [0.5, 0.6) is 0 Å². The quantitative estimate of drug-likeness (QED) is 0.686. The van der Waals surface area contributed by atoms with Gasteiger partial charge in [-0.05, 0) is 25.1 Å². The molecule has 1 amide bonds. The van der Waals surface area contributed by atoms with E-state index < -0.39 is 23.6 Å². The van der Waals surface area contributed by atoms with Gasteiger partial charge in [0, 0.05) is 35.7 Å². The Bertz CT molecular complexity index is 922. The van der Waals surface area contributed by atoms with E-state index in [0.29, 0.717) is 10.2 Å². The molecule has 0 radical (unpaired) electrons. The summed E-state index contributed by atoms with van der Waals surface area (Å²) in [6, 6.07) is 5.62. The van der Waals surface area contributed by atoms with Crippen molar-refractivity contribution >= 4 is 33.6 Å². The first-order chi connectivity index (χ1) is 13.2. The summed E-state index contributed by atoms with van der Waals surface area (Å²) in [5.41, 5.74) is 0.411. The first-order valence-electron chi connectivity index (χ1n) is 8.57. The molecule has 148 valence electrons. The molecule has 0 saturated carbocycles. The summed E-state index contributed by atoms with van der Waals surface area (Å²) in [4.78, 5) is 22.6. The Balaban J connectivity index is 1.82. The number of aromatic nitrogens is 2. The normalized spacial score (nSPS) is 18.6. The number of amides is 1. The third-order valence-electron chi connectivity index (χ3n) is 4.50. The van der Waals surface area contributed by atoms with E-state index in [1.807, 2.05) is 0 Å². The van der Waals surface area contributed by atoms with E-state index in [9.17, 15) is 18.0 Å². The second-order valence-electron chi connectivity index (χ2n) is 6.57. The van der Waals surface area contributed by atoms with Gasteiger partial charge in [0.15, 0.2) is 0 Å². The number of anilines is 2. The molecule has 2 aromatic rings. The molecule has 1 aromatic heterocycles. The Kier molecular flexibility index (Phi) is 5.74. The van der Waals surface area contributed by atoms with Crippen LogP contribution < -0.4 is 10.2 Å². The lowest BCUT2D eigenvalue weighted by molar-refractivity contribution is -0.0545. The van der Waals surface area contributed by atoms with E-state index in [1.54, 1.807) is 17.9 Å². The van der Waals surface area contributed by atoms with Crippen molar-refractivity contribution < 1.29 is 18.0 Å². The summed E-state index contributed by atoms with van der Waals surface area (Å²) in [6.45, 7) is 5.29. The van der Waals surface area contributed by atoms with Crippen LogP contribution in [0.4, 0.5) is 24.9 Å². The Hall–Kier alpha value is -2.42. The van der Waals surface area contributed by atoms with Crippen molar-refractivity contribution in [3.8, 4) is 0 Å². The van der Waals surface area contributed by atoms with Crippen LogP contribution in [-0.4, -0.2) is 34.9 Å². The Labute approximate surface area is 168 Å². The molecule has 0 bridgehead atoms. The molecule has 0 aliphatic carbocycles. The number of benzene rings is 1. The lowest BCUT2D eigenvalue weighted by Gasteiger charge is -2.37. The summed E-state index contributed by atoms with van der Waals surface area (Å²) in [5, 5.41) is 2.54. The first kappa shape index (κ1) is 20.3. The maximum atomic E-state index is 14.0. The average Bonchev–Trinajstić information content (AvgIpc) is 2.60. The molecular formula is C19H18BrF3N4O. The van der Waals surface area contributed by atoms with Crippen LogP contribution >= 0.6 is 15.9 Å². The van der Waals surface area contributed by atoms with Gasteiger partial charge in [-0.2, -0.15) is 4.98 Å². The van der Waals surface area contributed by atoms with E-state index in [4.69, 9.17) is 0 Å². The number of alkyl halides is 2. The van der Waals surface area contributed by atoms with Gasteiger partial charge in [-0.3, -0.25) is 4.79 Å². The fourth-order valence-electron chi connectivity index (χ4n) is 2.98. The highest BCUT2D eigenvalue weighted by molar-refractivity contribution is 9.10. The van der Waals surface area contributed by atoms with Crippen LogP contribution in [0, 0.1) is 18.7 Å². The van der Waals surface area contributed by atoms with Crippen LogP contribution in [-0.2, 0) is 0 Å². The van der Waals surface area contributed by atoms with Gasteiger partial charge in [0.2, 0.25) is 5.95 Å². The van der Waals surface area contributed by atoms with Crippen molar-refractivity contribution in [3.63, 3.8) is 0 Å². The van der Waals surface area contributed by atoms with Crippen molar-refractivity contribution in [3.05, 3.63) is 58.5 Å². The minimum Gasteiger partial charge on any atom is -0.340 e. The average molecular weight is 455 g/mol. The van der Waals surface area contributed by atoms with Crippen molar-refractivity contribution in [2.24, 2.45) is 5.92 Å². The van der Waals surface area contributed by atoms with Crippen LogP contribution in [0.15, 0.2) is 41.4 Å². The summed E-state index contributed by atoms with van der Waals surface area (Å²) in [5.74, 6) is -4.78. The maximum Gasteiger partial charge on any atom is 0.259 e. The Morgan fingerprint density at radius 2 is 2.14 bits per heavy atom. The van der Waals surface area contributed by atoms with Crippen LogP contribution in [0.25, 0.3) is 0 Å². The topological polar surface area (TPSA) is 58.1 Å². The summed E-state index contributed by atoms with van der Waals surface area (Å²) in [6.07, 6.45) is 0.897. The molecule has 28 heavy (non-hydrogen) atoms. The van der Waals surface area contributed by atoms with Gasteiger partial charge in [-0.25, -0.2) is 18.2 Å². The minimum absolute atomic E-state index is 0.0225. The molecule has 1 N–H and O–H groups in total. The number of piperidine rings is 1. The maximum absolute atomic E-state index is 14.0. The molecule has 1 aromatic carbocycles. The van der Waals surface area contributed by atoms with Gasteiger partial charge in [0.25, 0.3) is 11.8 Å². The van der Waals surface area contributed by atoms with E-state index in [2.05, 4.69) is 37.8 Å². The number of carbonyl (C=O) groups is 1. The van der Waals surface area contributed by atoms with E-state index in [-0.39, 0.29) is 36.8 Å². The first-order valence-corrected chi connectivity index (χ1v) is 9.36. The van der Waals surface area contributed by atoms with Crippen LogP contribution in [0.1, 0.15) is 22.5 Å². The zero-order valence-electron chi connectivity index (χ0n) is 15.1. The molecule has 1 atom stereocenters. The number of nitrogens with one attached hydrogen (secondary N) is 1. The molecule has 2 heterocycles. The molecule has 0 spiro atoms. The van der Waals surface area contributed by atoms with Gasteiger partial charge >= 0.3 is 0 Å². The zero-order valence-corrected chi connectivity index (χ0v) is 16.6. The molecule has 1 unspecified atom stereocenters. The molecule has 1 saturated heterocycles. The highest BCUT2D eigenvalue weighted by Gasteiger charge is 2.42. The fourth-order valence-corrected chi connectivity index (χ4v) is 3.31. The highest BCUT2D eigenvalue weighted by atomic mass is 79.9. The van der Waals surface area contributed by atoms with E-state index in [0.717, 1.165) is 0 Å². The Morgan fingerprint density at radius 1 is 1.39 bits per heavy atom. The molecule has 9 heteroatoms. The SMILES string of the molecule is C=CC1CN(c2nc(C)cc(NC(=O)c3ccc(Br)cc3F)n2)CCC1(F)F. The lowest BCUT2D eigenvalue weighted by Crippen LogP contribution is -2.47. The number of rotatable bonds is 4. The monoisotopic (exact) mass is 454 g/mol. The van der Waals surface area contributed by atoms with Gasteiger partial charge in [-0.15, -0.1) is 6.58 Å². The smallest absolute Gasteiger partial charge is 0.259 e. The van der Waals surface area contributed by atoms with Crippen LogP contribution in [0.2, 0.25) is 0 Å². The summed E-state index contributed by atoms with van der Waals surface area (Å²) < 4.78 is 42.3. The predicted molar refractivity (Wildman–Crippen MR) is 104 cm³/mol. The minimum atomic E-state index is -2.82. The number of carbonyl (C=O) groups excluding carboxylic acids is 1. The molecule has 1 aliphatic rings. The highest BCUT2D eigenvalue weighted by Crippen LogP contribution is 2.35. The van der Waals surface area contributed by atoms with Crippen molar-refractivity contribution in [1.29, 1.82) is 0 Å².